The number of aromatic nitrogens is 4. The van der Waals surface area contributed by atoms with Gasteiger partial charge in [0.2, 0.25) is 5.91 Å². The SMILES string of the molecule is CC.CC/C=C/C(=O)N1CCCC[C@H]1c1nc(-c2ccc(C(=O)Nc3cc(CCC)ccn3)c(OC)c2)c2c(N)nccn12. The fraction of sp³-hybridized carbons (Fsp3) is 0.382. The first-order valence-corrected chi connectivity index (χ1v) is 15.5. The Labute approximate surface area is 259 Å². The number of nitrogens with two attached hydrogens (primary N) is 1. The second-order valence-corrected chi connectivity index (χ2v) is 10.4. The molecule has 2 amide bonds. The highest BCUT2D eigenvalue weighted by Crippen LogP contribution is 2.37. The zero-order chi connectivity index (χ0) is 31.6. The molecule has 1 aliphatic rings. The number of aryl methyl sites for hydroxylation is 1. The molecular formula is C34H43N7O3. The van der Waals surface area contributed by atoms with Crippen LogP contribution in [0, 0.1) is 0 Å². The van der Waals surface area contributed by atoms with Crippen molar-refractivity contribution in [3.05, 3.63) is 78.0 Å². The van der Waals surface area contributed by atoms with E-state index in [-0.39, 0.29) is 17.9 Å². The van der Waals surface area contributed by atoms with Crippen molar-refractivity contribution in [2.75, 3.05) is 24.7 Å². The van der Waals surface area contributed by atoms with E-state index in [0.29, 0.717) is 40.7 Å². The van der Waals surface area contributed by atoms with Gasteiger partial charge < -0.3 is 20.7 Å². The minimum atomic E-state index is -0.326. The zero-order valence-corrected chi connectivity index (χ0v) is 26.3. The lowest BCUT2D eigenvalue weighted by Crippen LogP contribution is -2.38. The van der Waals surface area contributed by atoms with E-state index < -0.39 is 0 Å². The van der Waals surface area contributed by atoms with Crippen LogP contribution in [0.4, 0.5) is 11.6 Å². The molecule has 0 radical (unpaired) electrons. The molecule has 3 N–H and O–H groups in total. The molecule has 4 heterocycles. The second kappa shape index (κ2) is 15.1. The Bertz CT molecular complexity index is 1630. The number of piperidine rings is 1. The third-order valence-electron chi connectivity index (χ3n) is 7.51. The molecule has 0 bridgehead atoms. The molecule has 44 heavy (non-hydrogen) atoms. The number of hydrogen-bond donors (Lipinski definition) is 2. The van der Waals surface area contributed by atoms with E-state index in [1.165, 1.54) is 7.11 Å². The van der Waals surface area contributed by atoms with Gasteiger partial charge >= 0.3 is 0 Å². The van der Waals surface area contributed by atoms with Crippen LogP contribution >= 0.6 is 0 Å². The Morgan fingerprint density at radius 2 is 1.93 bits per heavy atom. The minimum Gasteiger partial charge on any atom is -0.496 e. The number of anilines is 2. The number of methoxy groups -OCH3 is 1. The number of carbonyl (C=O) groups excluding carboxylic acids is 2. The van der Waals surface area contributed by atoms with Crippen LogP contribution in [0.2, 0.25) is 0 Å². The van der Waals surface area contributed by atoms with Crippen molar-refractivity contribution in [1.82, 2.24) is 24.3 Å². The summed E-state index contributed by atoms with van der Waals surface area (Å²) in [6, 6.07) is 8.94. The van der Waals surface area contributed by atoms with Gasteiger partial charge in [0.25, 0.3) is 5.91 Å². The number of amides is 2. The third-order valence-corrected chi connectivity index (χ3v) is 7.51. The molecule has 1 saturated heterocycles. The van der Waals surface area contributed by atoms with E-state index >= 15 is 0 Å². The number of nitrogen functional groups attached to an aromatic ring is 1. The molecule has 1 atom stereocenters. The molecule has 1 aliphatic heterocycles. The van der Waals surface area contributed by atoms with Crippen molar-refractivity contribution in [3.8, 4) is 17.0 Å². The van der Waals surface area contributed by atoms with Gasteiger partial charge in [0.05, 0.1) is 18.7 Å². The molecule has 1 aromatic carbocycles. The lowest BCUT2D eigenvalue weighted by Gasteiger charge is -2.34. The molecule has 4 aromatic rings. The number of imidazole rings is 1. The van der Waals surface area contributed by atoms with Gasteiger partial charge in [-0.25, -0.2) is 15.0 Å². The number of nitrogens with zero attached hydrogens (tertiary/aromatic N) is 5. The van der Waals surface area contributed by atoms with Crippen LogP contribution in [0.1, 0.15) is 87.6 Å². The maximum absolute atomic E-state index is 13.2. The fourth-order valence-electron chi connectivity index (χ4n) is 5.50. The van der Waals surface area contributed by atoms with Crippen LogP contribution in [0.25, 0.3) is 16.8 Å². The maximum Gasteiger partial charge on any atom is 0.260 e. The molecule has 1 fully saturated rings. The van der Waals surface area contributed by atoms with E-state index in [1.54, 1.807) is 30.6 Å². The number of rotatable bonds is 9. The molecule has 0 saturated carbocycles. The molecule has 0 spiro atoms. The average molecular weight is 598 g/mol. The summed E-state index contributed by atoms with van der Waals surface area (Å²) in [7, 11) is 1.53. The number of pyridine rings is 1. The monoisotopic (exact) mass is 597 g/mol. The minimum absolute atomic E-state index is 0.0198. The van der Waals surface area contributed by atoms with Crippen LogP contribution < -0.4 is 15.8 Å². The smallest absolute Gasteiger partial charge is 0.260 e. The Balaban J connectivity index is 0.00000216. The van der Waals surface area contributed by atoms with Gasteiger partial charge in [-0.1, -0.05) is 46.3 Å². The van der Waals surface area contributed by atoms with E-state index in [9.17, 15) is 9.59 Å². The lowest BCUT2D eigenvalue weighted by atomic mass is 10.0. The predicted octanol–water partition coefficient (Wildman–Crippen LogP) is 6.63. The number of benzene rings is 1. The van der Waals surface area contributed by atoms with E-state index in [2.05, 4.69) is 22.2 Å². The van der Waals surface area contributed by atoms with Gasteiger partial charge in [-0.15, -0.1) is 0 Å². The number of likely N-dealkylation sites (tertiary alicyclic amines) is 1. The molecule has 0 unspecified atom stereocenters. The summed E-state index contributed by atoms with van der Waals surface area (Å²) >= 11 is 0. The number of fused-ring (bicyclic) bond motifs is 1. The highest BCUT2D eigenvalue weighted by molar-refractivity contribution is 6.06. The summed E-state index contributed by atoms with van der Waals surface area (Å²) in [5, 5.41) is 2.88. The van der Waals surface area contributed by atoms with Crippen LogP contribution in [-0.4, -0.2) is 49.7 Å². The number of allylic oxidation sites excluding steroid dienone is 1. The van der Waals surface area contributed by atoms with Gasteiger partial charge in [0, 0.05) is 30.7 Å². The molecule has 0 aliphatic carbocycles. The van der Waals surface area contributed by atoms with Crippen molar-refractivity contribution in [2.24, 2.45) is 0 Å². The second-order valence-electron chi connectivity index (χ2n) is 10.4. The molecule has 10 heteroatoms. The van der Waals surface area contributed by atoms with E-state index in [1.807, 2.05) is 60.5 Å². The molecular weight excluding hydrogens is 554 g/mol. The van der Waals surface area contributed by atoms with Crippen molar-refractivity contribution in [3.63, 3.8) is 0 Å². The normalized spacial score (nSPS) is 14.8. The molecule has 5 rings (SSSR count). The number of ether oxygens (including phenoxy) is 1. The highest BCUT2D eigenvalue weighted by Gasteiger charge is 2.32. The van der Waals surface area contributed by atoms with Crippen molar-refractivity contribution in [1.29, 1.82) is 0 Å². The lowest BCUT2D eigenvalue weighted by molar-refractivity contribution is -0.130. The first kappa shape index (κ1) is 32.2. The first-order valence-electron chi connectivity index (χ1n) is 15.5. The summed E-state index contributed by atoms with van der Waals surface area (Å²) in [4.78, 5) is 41.9. The zero-order valence-electron chi connectivity index (χ0n) is 26.3. The number of nitrogens with one attached hydrogen (secondary N) is 1. The van der Waals surface area contributed by atoms with E-state index in [4.69, 9.17) is 15.5 Å². The summed E-state index contributed by atoms with van der Waals surface area (Å²) < 4.78 is 7.59. The first-order chi connectivity index (χ1) is 21.4. The average Bonchev–Trinajstić information content (AvgIpc) is 3.45. The number of hydrogen-bond acceptors (Lipinski definition) is 7. The third kappa shape index (κ3) is 6.90. The van der Waals surface area contributed by atoms with Crippen LogP contribution in [0.5, 0.6) is 5.75 Å². The molecule has 3 aromatic heterocycles. The van der Waals surface area contributed by atoms with Crippen molar-refractivity contribution < 1.29 is 14.3 Å². The van der Waals surface area contributed by atoms with Crippen LogP contribution in [0.15, 0.2) is 61.1 Å². The summed E-state index contributed by atoms with van der Waals surface area (Å²) in [5.41, 5.74) is 9.85. The largest absolute Gasteiger partial charge is 0.496 e. The summed E-state index contributed by atoms with van der Waals surface area (Å²) in [6.07, 6.45) is 14.1. The van der Waals surface area contributed by atoms with Crippen molar-refractivity contribution in [2.45, 2.75) is 72.3 Å². The Morgan fingerprint density at radius 3 is 2.68 bits per heavy atom. The van der Waals surface area contributed by atoms with Gasteiger partial charge in [-0.05, 0) is 68.0 Å². The van der Waals surface area contributed by atoms with Gasteiger partial charge in [0.15, 0.2) is 0 Å². The fourth-order valence-corrected chi connectivity index (χ4v) is 5.50. The summed E-state index contributed by atoms with van der Waals surface area (Å²) in [6.45, 7) is 8.78. The molecule has 10 nitrogen and oxygen atoms in total. The quantitative estimate of drug-likeness (QED) is 0.207. The highest BCUT2D eigenvalue weighted by atomic mass is 16.5. The summed E-state index contributed by atoms with van der Waals surface area (Å²) in [5.74, 6) is 1.58. The Kier molecular flexibility index (Phi) is 11.1. The standard InChI is InChI=1S/C32H37N7O3.C2H6/c1-4-6-11-27(40)38-17-8-7-10-24(38)31-37-28(29-30(33)35-16-18-39(29)31)22-12-13-23(25(20-22)42-3)32(41)36-26-19-21(9-5-2)14-15-34-26;1-2/h6,11-16,18-20,24H,4-5,7-10,17H2,1-3H3,(H2,33,35)(H,34,36,41);1-2H3/b11-6+;/t24-;/m0./s1. The molecule has 232 valence electrons. The maximum atomic E-state index is 13.2. The Hall–Kier alpha value is -4.73. The topological polar surface area (TPSA) is 128 Å². The van der Waals surface area contributed by atoms with Crippen LogP contribution in [0.3, 0.4) is 0 Å². The predicted molar refractivity (Wildman–Crippen MR) is 175 cm³/mol. The van der Waals surface area contributed by atoms with Gasteiger partial charge in [-0.2, -0.15) is 0 Å². The van der Waals surface area contributed by atoms with Crippen molar-refractivity contribution >= 4 is 29.0 Å². The van der Waals surface area contributed by atoms with Gasteiger partial charge in [0.1, 0.15) is 34.4 Å². The van der Waals surface area contributed by atoms with Crippen LogP contribution in [-0.2, 0) is 11.2 Å². The Morgan fingerprint density at radius 1 is 1.11 bits per heavy atom. The van der Waals surface area contributed by atoms with E-state index in [0.717, 1.165) is 55.5 Å². The van der Waals surface area contributed by atoms with Gasteiger partial charge in [-0.3, -0.25) is 14.0 Å². The number of carbonyl (C=O) groups is 2.